The van der Waals surface area contributed by atoms with Crippen LogP contribution < -0.4 is 10.5 Å². The number of halogens is 3. The van der Waals surface area contributed by atoms with Gasteiger partial charge in [-0.3, -0.25) is 9.89 Å². The van der Waals surface area contributed by atoms with Gasteiger partial charge in [0, 0.05) is 12.0 Å². The van der Waals surface area contributed by atoms with Gasteiger partial charge in [0.05, 0.1) is 10.8 Å². The van der Waals surface area contributed by atoms with Gasteiger partial charge in [0.25, 0.3) is 0 Å². The van der Waals surface area contributed by atoms with E-state index >= 15 is 0 Å². The first kappa shape index (κ1) is 19.4. The minimum Gasteiger partial charge on any atom is -0.309 e. The summed E-state index contributed by atoms with van der Waals surface area (Å²) in [6.07, 6.45) is -4.58. The van der Waals surface area contributed by atoms with Crippen molar-refractivity contribution >= 4 is 21.7 Å². The van der Waals surface area contributed by atoms with Crippen molar-refractivity contribution in [2.75, 3.05) is 5.32 Å². The minimum atomic E-state index is -4.58. The summed E-state index contributed by atoms with van der Waals surface area (Å²) in [5, 5.41) is 12.7. The standard InChI is InChI=1S/C16H17F3N4O3S/c1-15(2)12(8-3-5-9(6-4-8)27(20,25)26)13(15)14(24)21-11-7-10(22-23-11)16(17,18)19/h3-7,12-13H,1-2H3,(H2,20,25,26)(H2,21,22,23,24)/t12-,13+/m0/s1. The lowest BCUT2D eigenvalue weighted by atomic mass is 10.0. The second-order valence-corrected chi connectivity index (χ2v) is 8.61. The van der Waals surface area contributed by atoms with Crippen molar-refractivity contribution in [1.29, 1.82) is 0 Å². The number of aromatic amines is 1. The second-order valence-electron chi connectivity index (χ2n) is 7.04. The highest BCUT2D eigenvalue weighted by molar-refractivity contribution is 7.89. The molecule has 146 valence electrons. The molecule has 0 saturated heterocycles. The maximum absolute atomic E-state index is 12.6. The van der Waals surface area contributed by atoms with Crippen molar-refractivity contribution in [3.8, 4) is 0 Å². The van der Waals surface area contributed by atoms with Gasteiger partial charge in [-0.25, -0.2) is 13.6 Å². The fourth-order valence-corrected chi connectivity index (χ4v) is 3.86. The lowest BCUT2D eigenvalue weighted by Crippen LogP contribution is -2.17. The molecule has 1 heterocycles. The Kier molecular flexibility index (Phi) is 4.35. The molecule has 1 fully saturated rings. The number of sulfonamides is 1. The summed E-state index contributed by atoms with van der Waals surface area (Å²) < 4.78 is 60.4. The highest BCUT2D eigenvalue weighted by Crippen LogP contribution is 2.64. The normalized spacial score (nSPS) is 21.7. The molecule has 11 heteroatoms. The summed E-state index contributed by atoms with van der Waals surface area (Å²) in [5.74, 6) is -1.38. The highest BCUT2D eigenvalue weighted by Gasteiger charge is 2.62. The number of aromatic nitrogens is 2. The molecule has 0 spiro atoms. The van der Waals surface area contributed by atoms with Gasteiger partial charge in [-0.05, 0) is 23.1 Å². The number of H-pyrrole nitrogens is 1. The van der Waals surface area contributed by atoms with Crippen LogP contribution in [0.2, 0.25) is 0 Å². The highest BCUT2D eigenvalue weighted by atomic mass is 32.2. The van der Waals surface area contributed by atoms with Crippen LogP contribution in [-0.4, -0.2) is 24.5 Å². The summed E-state index contributed by atoms with van der Waals surface area (Å²) in [4.78, 5) is 12.5. The maximum Gasteiger partial charge on any atom is 0.432 e. The van der Waals surface area contributed by atoms with Crippen LogP contribution in [0.4, 0.5) is 19.0 Å². The predicted octanol–water partition coefficient (Wildman–Crippen LogP) is 2.45. The van der Waals surface area contributed by atoms with Crippen molar-refractivity contribution < 1.29 is 26.4 Å². The molecule has 1 amide bonds. The molecule has 1 aromatic carbocycles. The first-order valence-corrected chi connectivity index (χ1v) is 9.42. The predicted molar refractivity (Wildman–Crippen MR) is 90.0 cm³/mol. The molecule has 1 aliphatic carbocycles. The number of carbonyl (C=O) groups is 1. The number of anilines is 1. The van der Waals surface area contributed by atoms with Crippen LogP contribution in [0.3, 0.4) is 0 Å². The van der Waals surface area contributed by atoms with Crippen LogP contribution in [0, 0.1) is 11.3 Å². The van der Waals surface area contributed by atoms with Gasteiger partial charge >= 0.3 is 6.18 Å². The number of primary sulfonamides is 1. The van der Waals surface area contributed by atoms with Gasteiger partial charge < -0.3 is 5.32 Å². The van der Waals surface area contributed by atoms with E-state index in [4.69, 9.17) is 5.14 Å². The molecule has 0 radical (unpaired) electrons. The number of amides is 1. The number of nitrogens with two attached hydrogens (primary N) is 1. The third-order valence-corrected chi connectivity index (χ3v) is 5.74. The zero-order valence-electron chi connectivity index (χ0n) is 14.3. The molecule has 4 N–H and O–H groups in total. The number of hydrogen-bond acceptors (Lipinski definition) is 4. The van der Waals surface area contributed by atoms with Crippen LogP contribution in [-0.2, 0) is 21.0 Å². The van der Waals surface area contributed by atoms with Crippen molar-refractivity contribution in [2.45, 2.75) is 30.8 Å². The quantitative estimate of drug-likeness (QED) is 0.728. The summed E-state index contributed by atoms with van der Waals surface area (Å²) >= 11 is 0. The van der Waals surface area contributed by atoms with E-state index in [1.807, 2.05) is 18.9 Å². The summed E-state index contributed by atoms with van der Waals surface area (Å²) in [6, 6.07) is 6.60. The average Bonchev–Trinajstić information content (AvgIpc) is 2.88. The Morgan fingerprint density at radius 2 is 1.85 bits per heavy atom. The molecule has 2 aromatic rings. The lowest BCUT2D eigenvalue weighted by Gasteiger charge is -2.04. The molecule has 0 aliphatic heterocycles. The molecule has 0 bridgehead atoms. The third kappa shape index (κ3) is 3.69. The maximum atomic E-state index is 12.6. The monoisotopic (exact) mass is 402 g/mol. The molecular formula is C16H17F3N4O3S. The zero-order valence-corrected chi connectivity index (χ0v) is 15.1. The number of hydrogen-bond donors (Lipinski definition) is 3. The Labute approximate surface area is 153 Å². The summed E-state index contributed by atoms with van der Waals surface area (Å²) in [5.41, 5.74) is -0.760. The second kappa shape index (κ2) is 6.06. The largest absolute Gasteiger partial charge is 0.432 e. The topological polar surface area (TPSA) is 118 Å². The Morgan fingerprint density at radius 1 is 1.26 bits per heavy atom. The Balaban J connectivity index is 1.75. The summed E-state index contributed by atoms with van der Waals surface area (Å²) in [6.45, 7) is 3.70. The fraction of sp³-hybridized carbons (Fsp3) is 0.375. The third-order valence-electron chi connectivity index (χ3n) is 4.81. The van der Waals surface area contributed by atoms with E-state index in [0.29, 0.717) is 0 Å². The summed E-state index contributed by atoms with van der Waals surface area (Å²) in [7, 11) is -3.82. The number of alkyl halides is 3. The van der Waals surface area contributed by atoms with Gasteiger partial charge in [0.1, 0.15) is 5.69 Å². The fourth-order valence-electron chi connectivity index (χ4n) is 3.35. The number of benzene rings is 1. The van der Waals surface area contributed by atoms with Crippen LogP contribution in [0.25, 0.3) is 0 Å². The molecular weight excluding hydrogens is 385 g/mol. The van der Waals surface area contributed by atoms with E-state index in [1.54, 1.807) is 12.1 Å². The van der Waals surface area contributed by atoms with Gasteiger partial charge in [-0.1, -0.05) is 26.0 Å². The van der Waals surface area contributed by atoms with E-state index in [-0.39, 0.29) is 16.6 Å². The van der Waals surface area contributed by atoms with Crippen molar-refractivity contribution in [3.63, 3.8) is 0 Å². The Morgan fingerprint density at radius 3 is 2.33 bits per heavy atom. The van der Waals surface area contributed by atoms with Crippen LogP contribution in [0.5, 0.6) is 0 Å². The van der Waals surface area contributed by atoms with Crippen LogP contribution in [0.1, 0.15) is 31.0 Å². The van der Waals surface area contributed by atoms with E-state index in [1.165, 1.54) is 12.1 Å². The van der Waals surface area contributed by atoms with Gasteiger partial charge in [-0.15, -0.1) is 0 Å². The van der Waals surface area contributed by atoms with Gasteiger partial charge in [0.15, 0.2) is 5.82 Å². The van der Waals surface area contributed by atoms with E-state index in [0.717, 1.165) is 11.6 Å². The molecule has 0 unspecified atom stereocenters. The molecule has 1 aliphatic rings. The molecule has 3 rings (SSSR count). The number of nitrogens with one attached hydrogen (secondary N) is 2. The van der Waals surface area contributed by atoms with Crippen molar-refractivity contribution in [2.24, 2.45) is 16.5 Å². The molecule has 7 nitrogen and oxygen atoms in total. The molecule has 2 atom stereocenters. The van der Waals surface area contributed by atoms with Crippen LogP contribution in [0.15, 0.2) is 35.2 Å². The molecule has 27 heavy (non-hydrogen) atoms. The molecule has 1 saturated carbocycles. The SMILES string of the molecule is CC1(C)[C@@H](C(=O)Nc2cc(C(F)(F)F)[nH]n2)[C@@H]1c1ccc(S(N)(=O)=O)cc1. The van der Waals surface area contributed by atoms with E-state index in [2.05, 4.69) is 10.4 Å². The van der Waals surface area contributed by atoms with E-state index < -0.39 is 39.1 Å². The first-order chi connectivity index (χ1) is 12.3. The van der Waals surface area contributed by atoms with Crippen molar-refractivity contribution in [1.82, 2.24) is 10.2 Å². The first-order valence-electron chi connectivity index (χ1n) is 7.88. The Bertz CT molecular complexity index is 981. The van der Waals surface area contributed by atoms with Crippen LogP contribution >= 0.6 is 0 Å². The van der Waals surface area contributed by atoms with Gasteiger partial charge in [-0.2, -0.15) is 18.3 Å². The number of nitrogens with zero attached hydrogens (tertiary/aromatic N) is 1. The van der Waals surface area contributed by atoms with E-state index in [9.17, 15) is 26.4 Å². The smallest absolute Gasteiger partial charge is 0.309 e. The zero-order chi connectivity index (χ0) is 20.2. The Hall–Kier alpha value is -2.40. The van der Waals surface area contributed by atoms with Crippen molar-refractivity contribution in [3.05, 3.63) is 41.6 Å². The lowest BCUT2D eigenvalue weighted by molar-refractivity contribution is -0.141. The number of carbonyl (C=O) groups excluding carboxylic acids is 1. The number of rotatable bonds is 4. The molecule has 1 aromatic heterocycles. The minimum absolute atomic E-state index is 0.0399. The van der Waals surface area contributed by atoms with Gasteiger partial charge in [0.2, 0.25) is 15.9 Å². The average molecular weight is 402 g/mol.